The normalized spacial score (nSPS) is 29.8. The molecule has 2 aliphatic heterocycles. The summed E-state index contributed by atoms with van der Waals surface area (Å²) in [7, 11) is 2.15. The van der Waals surface area contributed by atoms with Gasteiger partial charge in [-0.05, 0) is 38.9 Å². The third-order valence-corrected chi connectivity index (χ3v) is 4.16. The molecule has 0 amide bonds. The molecule has 2 saturated heterocycles. The number of likely N-dealkylation sites (tertiary alicyclic amines) is 1. The SMILES string of the molecule is CN1CCC(C2(C(O)CN)COC2)CC1. The van der Waals surface area contributed by atoms with Crippen LogP contribution < -0.4 is 5.73 Å². The van der Waals surface area contributed by atoms with E-state index in [4.69, 9.17) is 10.5 Å². The molecule has 0 aromatic rings. The number of nitrogens with two attached hydrogens (primary N) is 1. The number of hydrogen-bond donors (Lipinski definition) is 2. The van der Waals surface area contributed by atoms with Crippen molar-refractivity contribution < 1.29 is 9.84 Å². The highest BCUT2D eigenvalue weighted by atomic mass is 16.5. The molecule has 4 nitrogen and oxygen atoms in total. The molecule has 0 radical (unpaired) electrons. The van der Waals surface area contributed by atoms with Crippen LogP contribution in [0.1, 0.15) is 12.8 Å². The predicted molar refractivity (Wildman–Crippen MR) is 58.5 cm³/mol. The molecule has 0 aliphatic carbocycles. The molecule has 0 bridgehead atoms. The lowest BCUT2D eigenvalue weighted by molar-refractivity contribution is -0.205. The van der Waals surface area contributed by atoms with Crippen LogP contribution in [0.3, 0.4) is 0 Å². The first kappa shape index (κ1) is 11.3. The van der Waals surface area contributed by atoms with Gasteiger partial charge in [-0.25, -0.2) is 0 Å². The van der Waals surface area contributed by atoms with Gasteiger partial charge in [0.1, 0.15) is 0 Å². The van der Waals surface area contributed by atoms with Gasteiger partial charge >= 0.3 is 0 Å². The van der Waals surface area contributed by atoms with Crippen molar-refractivity contribution in [3.63, 3.8) is 0 Å². The first-order valence-electron chi connectivity index (χ1n) is 5.83. The van der Waals surface area contributed by atoms with E-state index in [1.165, 1.54) is 0 Å². The van der Waals surface area contributed by atoms with Crippen molar-refractivity contribution in [1.29, 1.82) is 0 Å². The first-order chi connectivity index (χ1) is 7.19. The average Bonchev–Trinajstić information content (AvgIpc) is 2.19. The van der Waals surface area contributed by atoms with Crippen LogP contribution in [-0.2, 0) is 4.74 Å². The monoisotopic (exact) mass is 214 g/mol. The van der Waals surface area contributed by atoms with Gasteiger partial charge in [-0.15, -0.1) is 0 Å². The maximum absolute atomic E-state index is 10.0. The molecule has 0 aromatic heterocycles. The molecule has 88 valence electrons. The van der Waals surface area contributed by atoms with E-state index in [-0.39, 0.29) is 11.5 Å². The first-order valence-corrected chi connectivity index (χ1v) is 5.83. The Morgan fingerprint density at radius 2 is 2.07 bits per heavy atom. The summed E-state index contributed by atoms with van der Waals surface area (Å²) in [4.78, 5) is 2.35. The zero-order chi connectivity index (χ0) is 10.9. The largest absolute Gasteiger partial charge is 0.391 e. The maximum atomic E-state index is 10.0. The van der Waals surface area contributed by atoms with Crippen LogP contribution in [0.15, 0.2) is 0 Å². The summed E-state index contributed by atoms with van der Waals surface area (Å²) >= 11 is 0. The standard InChI is InChI=1S/C11H22N2O2/c1-13-4-2-9(3-5-13)11(7-15-8-11)10(14)6-12/h9-10,14H,2-8,12H2,1H3. The minimum atomic E-state index is -0.389. The summed E-state index contributed by atoms with van der Waals surface area (Å²) < 4.78 is 5.31. The number of aliphatic hydroxyl groups is 1. The Bertz CT molecular complexity index is 211. The van der Waals surface area contributed by atoms with Gasteiger partial charge in [0.2, 0.25) is 0 Å². The number of piperidine rings is 1. The van der Waals surface area contributed by atoms with Gasteiger partial charge in [0, 0.05) is 12.0 Å². The lowest BCUT2D eigenvalue weighted by Gasteiger charge is -2.52. The van der Waals surface area contributed by atoms with E-state index in [2.05, 4.69) is 11.9 Å². The predicted octanol–water partition coefficient (Wildman–Crippen LogP) is -0.336. The molecule has 2 fully saturated rings. The van der Waals surface area contributed by atoms with E-state index in [1.807, 2.05) is 0 Å². The molecule has 0 spiro atoms. The summed E-state index contributed by atoms with van der Waals surface area (Å²) in [5, 5.41) is 10.0. The molecule has 0 aromatic carbocycles. The maximum Gasteiger partial charge on any atom is 0.0765 e. The van der Waals surface area contributed by atoms with Crippen molar-refractivity contribution in [3.05, 3.63) is 0 Å². The van der Waals surface area contributed by atoms with E-state index in [0.29, 0.717) is 25.7 Å². The van der Waals surface area contributed by atoms with E-state index >= 15 is 0 Å². The van der Waals surface area contributed by atoms with Gasteiger partial charge in [0.15, 0.2) is 0 Å². The third-order valence-electron chi connectivity index (χ3n) is 4.16. The molecule has 3 N–H and O–H groups in total. The quantitative estimate of drug-likeness (QED) is 0.675. The summed E-state index contributed by atoms with van der Waals surface area (Å²) in [6, 6.07) is 0. The molecule has 1 unspecified atom stereocenters. The molecular formula is C11H22N2O2. The number of nitrogens with zero attached hydrogens (tertiary/aromatic N) is 1. The van der Waals surface area contributed by atoms with Crippen molar-refractivity contribution >= 4 is 0 Å². The van der Waals surface area contributed by atoms with Gasteiger partial charge in [-0.1, -0.05) is 0 Å². The van der Waals surface area contributed by atoms with Crippen molar-refractivity contribution in [2.75, 3.05) is 39.9 Å². The highest BCUT2D eigenvalue weighted by Crippen LogP contribution is 2.43. The Morgan fingerprint density at radius 3 is 2.47 bits per heavy atom. The lowest BCUT2D eigenvalue weighted by Crippen LogP contribution is -2.60. The van der Waals surface area contributed by atoms with E-state index in [0.717, 1.165) is 25.9 Å². The van der Waals surface area contributed by atoms with Crippen molar-refractivity contribution in [2.45, 2.75) is 18.9 Å². The smallest absolute Gasteiger partial charge is 0.0765 e. The van der Waals surface area contributed by atoms with Crippen LogP contribution in [-0.4, -0.2) is 56.0 Å². The van der Waals surface area contributed by atoms with Gasteiger partial charge in [0.05, 0.1) is 19.3 Å². The number of hydrogen-bond acceptors (Lipinski definition) is 4. The Balaban J connectivity index is 2.00. The Labute approximate surface area is 91.4 Å². The zero-order valence-electron chi connectivity index (χ0n) is 9.48. The summed E-state index contributed by atoms with van der Waals surface area (Å²) in [6.45, 7) is 4.00. The molecule has 15 heavy (non-hydrogen) atoms. The summed E-state index contributed by atoms with van der Waals surface area (Å²) in [5.74, 6) is 0.584. The van der Waals surface area contributed by atoms with Gasteiger partial charge < -0.3 is 20.5 Å². The fraction of sp³-hybridized carbons (Fsp3) is 1.00. The van der Waals surface area contributed by atoms with Crippen molar-refractivity contribution in [1.82, 2.24) is 4.90 Å². The molecule has 0 saturated carbocycles. The second-order valence-electron chi connectivity index (χ2n) is 5.06. The van der Waals surface area contributed by atoms with Crippen LogP contribution >= 0.6 is 0 Å². The fourth-order valence-electron chi connectivity index (χ4n) is 2.86. The minimum Gasteiger partial charge on any atom is -0.391 e. The van der Waals surface area contributed by atoms with Gasteiger partial charge in [-0.3, -0.25) is 0 Å². The fourth-order valence-corrected chi connectivity index (χ4v) is 2.86. The molecule has 1 atom stereocenters. The number of rotatable bonds is 3. The summed E-state index contributed by atoms with van der Waals surface area (Å²) in [5.41, 5.74) is 5.55. The van der Waals surface area contributed by atoms with Crippen LogP contribution in [0.4, 0.5) is 0 Å². The van der Waals surface area contributed by atoms with Crippen molar-refractivity contribution in [3.8, 4) is 0 Å². The summed E-state index contributed by atoms with van der Waals surface area (Å²) in [6.07, 6.45) is 1.94. The van der Waals surface area contributed by atoms with Crippen LogP contribution in [0, 0.1) is 11.3 Å². The minimum absolute atomic E-state index is 0.0317. The lowest BCUT2D eigenvalue weighted by atomic mass is 9.66. The van der Waals surface area contributed by atoms with Crippen LogP contribution in [0.5, 0.6) is 0 Å². The Hall–Kier alpha value is -0.160. The van der Waals surface area contributed by atoms with Crippen LogP contribution in [0.25, 0.3) is 0 Å². The van der Waals surface area contributed by atoms with E-state index in [9.17, 15) is 5.11 Å². The number of ether oxygens (including phenoxy) is 1. The van der Waals surface area contributed by atoms with Crippen molar-refractivity contribution in [2.24, 2.45) is 17.1 Å². The molecule has 2 aliphatic rings. The second kappa shape index (κ2) is 4.37. The van der Waals surface area contributed by atoms with E-state index < -0.39 is 0 Å². The zero-order valence-corrected chi connectivity index (χ0v) is 9.48. The molecule has 2 rings (SSSR count). The molecular weight excluding hydrogens is 192 g/mol. The highest BCUT2D eigenvalue weighted by molar-refractivity contribution is 4.99. The topological polar surface area (TPSA) is 58.7 Å². The average molecular weight is 214 g/mol. The van der Waals surface area contributed by atoms with Gasteiger partial charge in [-0.2, -0.15) is 0 Å². The van der Waals surface area contributed by atoms with Crippen LogP contribution in [0.2, 0.25) is 0 Å². The Morgan fingerprint density at radius 1 is 1.47 bits per heavy atom. The molecule has 2 heterocycles. The third kappa shape index (κ3) is 1.91. The number of aliphatic hydroxyl groups excluding tert-OH is 1. The second-order valence-corrected chi connectivity index (χ2v) is 5.06. The highest BCUT2D eigenvalue weighted by Gasteiger charge is 2.50. The Kier molecular flexibility index (Phi) is 3.30. The molecule has 4 heteroatoms. The van der Waals surface area contributed by atoms with E-state index in [1.54, 1.807) is 0 Å². The van der Waals surface area contributed by atoms with Gasteiger partial charge in [0.25, 0.3) is 0 Å².